The van der Waals surface area contributed by atoms with E-state index in [0.717, 1.165) is 24.5 Å². The molecular weight excluding hydrogens is 190 g/mol. The molecule has 0 saturated carbocycles. The van der Waals surface area contributed by atoms with Gasteiger partial charge < -0.3 is 10.1 Å². The SMILES string of the molecule is CCOCC.O=C1Cc2ccccc2N1. The van der Waals surface area contributed by atoms with Gasteiger partial charge in [-0.15, -0.1) is 0 Å². The van der Waals surface area contributed by atoms with Crippen molar-refractivity contribution in [1.29, 1.82) is 0 Å². The molecular formula is C12H17NO2. The smallest absolute Gasteiger partial charge is 0.228 e. The first-order chi connectivity index (χ1) is 7.27. The van der Waals surface area contributed by atoms with E-state index < -0.39 is 0 Å². The van der Waals surface area contributed by atoms with Gasteiger partial charge in [-0.3, -0.25) is 4.79 Å². The van der Waals surface area contributed by atoms with E-state index in [9.17, 15) is 4.79 Å². The summed E-state index contributed by atoms with van der Waals surface area (Å²) in [4.78, 5) is 10.8. The van der Waals surface area contributed by atoms with Crippen molar-refractivity contribution in [3.63, 3.8) is 0 Å². The van der Waals surface area contributed by atoms with Crippen LogP contribution < -0.4 is 5.32 Å². The number of carbonyl (C=O) groups excluding carboxylic acids is 1. The third-order valence-electron chi connectivity index (χ3n) is 2.05. The van der Waals surface area contributed by atoms with Crippen LogP contribution in [0, 0.1) is 0 Å². The fraction of sp³-hybridized carbons (Fsp3) is 0.417. The van der Waals surface area contributed by atoms with Crippen LogP contribution in [0.4, 0.5) is 5.69 Å². The Hall–Kier alpha value is -1.35. The van der Waals surface area contributed by atoms with E-state index >= 15 is 0 Å². The molecule has 1 aliphatic heterocycles. The van der Waals surface area contributed by atoms with Crippen LogP contribution in [0.1, 0.15) is 19.4 Å². The summed E-state index contributed by atoms with van der Waals surface area (Å²) in [6.07, 6.45) is 0.538. The molecule has 0 bridgehead atoms. The molecule has 0 saturated heterocycles. The molecule has 0 aliphatic carbocycles. The zero-order chi connectivity index (χ0) is 11.1. The fourth-order valence-electron chi connectivity index (χ4n) is 1.37. The van der Waals surface area contributed by atoms with Gasteiger partial charge in [0.1, 0.15) is 0 Å². The average Bonchev–Trinajstić information content (AvgIpc) is 2.60. The number of hydrogen-bond donors (Lipinski definition) is 1. The summed E-state index contributed by atoms with van der Waals surface area (Å²) in [5, 5.41) is 2.76. The maximum absolute atomic E-state index is 10.8. The van der Waals surface area contributed by atoms with E-state index in [1.165, 1.54) is 0 Å². The Bertz CT molecular complexity index is 294. The van der Waals surface area contributed by atoms with E-state index in [2.05, 4.69) is 5.32 Å². The highest BCUT2D eigenvalue weighted by molar-refractivity contribution is 5.98. The lowest BCUT2D eigenvalue weighted by molar-refractivity contribution is -0.115. The number of fused-ring (bicyclic) bond motifs is 1. The second-order valence-electron chi connectivity index (χ2n) is 3.16. The van der Waals surface area contributed by atoms with Crippen LogP contribution in [0.3, 0.4) is 0 Å². The van der Waals surface area contributed by atoms with Crippen LogP contribution in [-0.2, 0) is 16.0 Å². The monoisotopic (exact) mass is 207 g/mol. The minimum atomic E-state index is 0.0983. The van der Waals surface area contributed by atoms with Crippen molar-refractivity contribution in [2.24, 2.45) is 0 Å². The predicted octanol–water partition coefficient (Wildman–Crippen LogP) is 2.22. The lowest BCUT2D eigenvalue weighted by atomic mass is 10.2. The van der Waals surface area contributed by atoms with E-state index in [1.54, 1.807) is 0 Å². The van der Waals surface area contributed by atoms with E-state index in [1.807, 2.05) is 38.1 Å². The number of amides is 1. The van der Waals surface area contributed by atoms with Gasteiger partial charge in [-0.05, 0) is 25.5 Å². The van der Waals surface area contributed by atoms with Crippen LogP contribution in [0.2, 0.25) is 0 Å². The highest BCUT2D eigenvalue weighted by Crippen LogP contribution is 2.20. The minimum Gasteiger partial charge on any atom is -0.382 e. The first kappa shape index (κ1) is 11.7. The lowest BCUT2D eigenvalue weighted by Crippen LogP contribution is -2.03. The van der Waals surface area contributed by atoms with Gasteiger partial charge in [0.25, 0.3) is 0 Å². The number of rotatable bonds is 2. The summed E-state index contributed by atoms with van der Waals surface area (Å²) in [7, 11) is 0. The summed E-state index contributed by atoms with van der Waals surface area (Å²) >= 11 is 0. The zero-order valence-electron chi connectivity index (χ0n) is 9.25. The number of benzene rings is 1. The molecule has 1 aromatic carbocycles. The number of carbonyl (C=O) groups is 1. The number of ether oxygens (including phenoxy) is 1. The van der Waals surface area contributed by atoms with Crippen molar-refractivity contribution in [1.82, 2.24) is 0 Å². The summed E-state index contributed by atoms with van der Waals surface area (Å²) in [5.74, 6) is 0.0983. The molecule has 0 fully saturated rings. The Morgan fingerprint density at radius 2 is 1.93 bits per heavy atom. The minimum absolute atomic E-state index is 0.0983. The van der Waals surface area contributed by atoms with Gasteiger partial charge in [0.15, 0.2) is 0 Å². The highest BCUT2D eigenvalue weighted by atomic mass is 16.5. The van der Waals surface area contributed by atoms with Crippen LogP contribution >= 0.6 is 0 Å². The van der Waals surface area contributed by atoms with E-state index in [-0.39, 0.29) is 5.91 Å². The van der Waals surface area contributed by atoms with Gasteiger partial charge in [-0.2, -0.15) is 0 Å². The summed E-state index contributed by atoms with van der Waals surface area (Å²) in [6.45, 7) is 5.67. The average molecular weight is 207 g/mol. The molecule has 15 heavy (non-hydrogen) atoms. The second kappa shape index (κ2) is 6.19. The molecule has 82 valence electrons. The van der Waals surface area contributed by atoms with Crippen LogP contribution in [0.5, 0.6) is 0 Å². The third kappa shape index (κ3) is 3.72. The number of hydrogen-bond acceptors (Lipinski definition) is 2. The van der Waals surface area contributed by atoms with Crippen molar-refractivity contribution in [3.8, 4) is 0 Å². The van der Waals surface area contributed by atoms with Gasteiger partial charge >= 0.3 is 0 Å². The molecule has 0 atom stereocenters. The number of nitrogens with one attached hydrogen (secondary N) is 1. The highest BCUT2D eigenvalue weighted by Gasteiger charge is 2.15. The van der Waals surface area contributed by atoms with Crippen molar-refractivity contribution in [2.45, 2.75) is 20.3 Å². The Balaban J connectivity index is 0.000000195. The second-order valence-corrected chi connectivity index (χ2v) is 3.16. The molecule has 0 spiro atoms. The van der Waals surface area contributed by atoms with Crippen molar-refractivity contribution >= 4 is 11.6 Å². The zero-order valence-corrected chi connectivity index (χ0v) is 9.25. The molecule has 0 radical (unpaired) electrons. The fourth-order valence-corrected chi connectivity index (χ4v) is 1.37. The quantitative estimate of drug-likeness (QED) is 0.807. The molecule has 1 N–H and O–H groups in total. The summed E-state index contributed by atoms with van der Waals surface area (Å²) < 4.78 is 4.83. The predicted molar refractivity (Wildman–Crippen MR) is 60.9 cm³/mol. The molecule has 1 aliphatic rings. The summed E-state index contributed by atoms with van der Waals surface area (Å²) in [6, 6.07) is 7.75. The Labute approximate surface area is 90.4 Å². The molecule has 1 amide bonds. The normalized spacial score (nSPS) is 12.5. The number of anilines is 1. The first-order valence-corrected chi connectivity index (χ1v) is 5.23. The standard InChI is InChI=1S/C8H7NO.C4H10O/c10-8-5-6-3-1-2-4-7(6)9-8;1-3-5-4-2/h1-4H,5H2,(H,9,10);3-4H2,1-2H3. The van der Waals surface area contributed by atoms with Gasteiger partial charge in [0.05, 0.1) is 6.42 Å². The van der Waals surface area contributed by atoms with Crippen LogP contribution in [-0.4, -0.2) is 19.1 Å². The summed E-state index contributed by atoms with van der Waals surface area (Å²) in [5.41, 5.74) is 2.07. The molecule has 2 rings (SSSR count). The van der Waals surface area contributed by atoms with Crippen molar-refractivity contribution in [3.05, 3.63) is 29.8 Å². The molecule has 0 unspecified atom stereocenters. The van der Waals surface area contributed by atoms with Gasteiger partial charge in [-0.25, -0.2) is 0 Å². The van der Waals surface area contributed by atoms with Crippen LogP contribution in [0.15, 0.2) is 24.3 Å². The molecule has 0 aromatic heterocycles. The van der Waals surface area contributed by atoms with E-state index in [0.29, 0.717) is 6.42 Å². The Morgan fingerprint density at radius 3 is 2.47 bits per heavy atom. The van der Waals surface area contributed by atoms with Crippen molar-refractivity contribution < 1.29 is 9.53 Å². The third-order valence-corrected chi connectivity index (χ3v) is 2.05. The molecule has 1 heterocycles. The van der Waals surface area contributed by atoms with Crippen molar-refractivity contribution in [2.75, 3.05) is 18.5 Å². The lowest BCUT2D eigenvalue weighted by Gasteiger charge is -1.93. The van der Waals surface area contributed by atoms with Gasteiger partial charge in [0.2, 0.25) is 5.91 Å². The Kier molecular flexibility index (Phi) is 4.84. The molecule has 3 heteroatoms. The first-order valence-electron chi connectivity index (χ1n) is 5.23. The largest absolute Gasteiger partial charge is 0.382 e. The molecule has 3 nitrogen and oxygen atoms in total. The van der Waals surface area contributed by atoms with Gasteiger partial charge in [0, 0.05) is 18.9 Å². The maximum Gasteiger partial charge on any atom is 0.228 e. The van der Waals surface area contributed by atoms with Gasteiger partial charge in [-0.1, -0.05) is 18.2 Å². The molecule has 1 aromatic rings. The topological polar surface area (TPSA) is 38.3 Å². The maximum atomic E-state index is 10.8. The number of para-hydroxylation sites is 1. The Morgan fingerprint density at radius 1 is 1.27 bits per heavy atom. The van der Waals surface area contributed by atoms with E-state index in [4.69, 9.17) is 4.74 Å². The van der Waals surface area contributed by atoms with Crippen LogP contribution in [0.25, 0.3) is 0 Å².